The number of aliphatic hydroxyl groups is 1. The average molecular weight is 492 g/mol. The molecule has 3 unspecified atom stereocenters. The zero-order chi connectivity index (χ0) is 22.0. The van der Waals surface area contributed by atoms with Gasteiger partial charge in [0.15, 0.2) is 11.7 Å². The van der Waals surface area contributed by atoms with Gasteiger partial charge in [0, 0.05) is 18.7 Å². The Bertz CT molecular complexity index is 976. The number of rotatable bonds is 2. The van der Waals surface area contributed by atoms with Crippen molar-refractivity contribution in [3.8, 4) is 0 Å². The molecule has 2 bridgehead atoms. The van der Waals surface area contributed by atoms with Crippen molar-refractivity contribution in [1.29, 1.82) is 0 Å². The highest BCUT2D eigenvalue weighted by Crippen LogP contribution is 2.41. The first-order valence-electron chi connectivity index (χ1n) is 9.45. The largest absolute Gasteiger partial charge is 0.444 e. The van der Waals surface area contributed by atoms with E-state index in [0.29, 0.717) is 17.6 Å². The quantitative estimate of drug-likeness (QED) is 0.671. The molecule has 4 heterocycles. The van der Waals surface area contributed by atoms with Gasteiger partial charge in [-0.05, 0) is 49.2 Å². The molecule has 30 heavy (non-hydrogen) atoms. The van der Waals surface area contributed by atoms with Crippen LogP contribution in [0.2, 0.25) is 0 Å². The van der Waals surface area contributed by atoms with Crippen LogP contribution in [0.25, 0.3) is 11.1 Å². The zero-order valence-electron chi connectivity index (χ0n) is 16.5. The van der Waals surface area contributed by atoms with Gasteiger partial charge in [-0.15, -0.1) is 0 Å². The predicted molar refractivity (Wildman–Crippen MR) is 105 cm³/mol. The lowest BCUT2D eigenvalue weighted by molar-refractivity contribution is -0.206. The third kappa shape index (κ3) is 3.73. The van der Waals surface area contributed by atoms with Crippen LogP contribution in [0.4, 0.5) is 24.0 Å². The highest BCUT2D eigenvalue weighted by molar-refractivity contribution is 9.10. The van der Waals surface area contributed by atoms with E-state index in [9.17, 15) is 23.1 Å². The van der Waals surface area contributed by atoms with Crippen molar-refractivity contribution < 1.29 is 32.2 Å². The zero-order valence-corrected chi connectivity index (χ0v) is 18.1. The third-order valence-electron chi connectivity index (χ3n) is 5.19. The Morgan fingerprint density at radius 2 is 1.93 bits per heavy atom. The molecule has 1 aromatic heterocycles. The first kappa shape index (κ1) is 21.2. The smallest absolute Gasteiger partial charge is 0.418 e. The first-order valence-corrected chi connectivity index (χ1v) is 10.2. The molecule has 3 atom stereocenters. The minimum absolute atomic E-state index is 0.0487. The molecule has 164 valence electrons. The molecule has 1 amide bonds. The number of carbonyl (C=O) groups excluding carboxylic acids is 1. The molecular formula is C19H21BrF3N3O4. The molecule has 0 saturated carbocycles. The molecule has 5 rings (SSSR count). The summed E-state index contributed by atoms with van der Waals surface area (Å²) in [5.41, 5.74) is -0.877. The third-order valence-corrected chi connectivity index (χ3v) is 5.81. The number of nitrogens with zero attached hydrogens (tertiary/aromatic N) is 3. The lowest BCUT2D eigenvalue weighted by Crippen LogP contribution is -2.70. The molecule has 3 aliphatic rings. The standard InChI is InChI=1S/C19H21BrF3N3O4/c1-18(2,3)30-17(28)26-9-6-10(26)8-25(7-9)16-24-13-11(15(27)19(21,22)23)4-5-12(20)14(13)29-16/h4-5,9-10,15,27H,6-8H2,1-3H3. The van der Waals surface area contributed by atoms with E-state index >= 15 is 0 Å². The predicted octanol–water partition coefficient (Wildman–Crippen LogP) is 4.38. The van der Waals surface area contributed by atoms with Crippen LogP contribution in [0.5, 0.6) is 0 Å². The number of halogens is 4. The number of amides is 1. The number of piperidine rings is 1. The molecule has 1 aromatic carbocycles. The summed E-state index contributed by atoms with van der Waals surface area (Å²) in [7, 11) is 0. The number of benzene rings is 1. The number of hydrogen-bond donors (Lipinski definition) is 1. The Morgan fingerprint density at radius 3 is 2.50 bits per heavy atom. The average Bonchev–Trinajstić information content (AvgIpc) is 3.05. The molecule has 0 aliphatic carbocycles. The number of oxazole rings is 1. The summed E-state index contributed by atoms with van der Waals surface area (Å²) in [6.07, 6.45) is -7.04. The second-order valence-electron chi connectivity index (χ2n) is 8.59. The van der Waals surface area contributed by atoms with E-state index in [2.05, 4.69) is 20.9 Å². The molecule has 3 aliphatic heterocycles. The van der Waals surface area contributed by atoms with Crippen LogP contribution >= 0.6 is 15.9 Å². The first-order chi connectivity index (χ1) is 13.8. The van der Waals surface area contributed by atoms with Gasteiger partial charge in [-0.2, -0.15) is 18.2 Å². The normalized spacial score (nSPS) is 22.8. The highest BCUT2D eigenvalue weighted by Gasteiger charge is 2.50. The van der Waals surface area contributed by atoms with Gasteiger partial charge in [0.25, 0.3) is 6.01 Å². The van der Waals surface area contributed by atoms with Crippen LogP contribution in [0.3, 0.4) is 0 Å². The summed E-state index contributed by atoms with van der Waals surface area (Å²) >= 11 is 3.26. The number of carbonyl (C=O) groups is 1. The van der Waals surface area contributed by atoms with E-state index in [1.807, 2.05) is 0 Å². The van der Waals surface area contributed by atoms with Crippen molar-refractivity contribution in [2.45, 2.75) is 57.2 Å². The molecule has 0 radical (unpaired) electrons. The fourth-order valence-corrected chi connectivity index (χ4v) is 4.30. The number of hydrogen-bond acceptors (Lipinski definition) is 6. The van der Waals surface area contributed by atoms with Crippen LogP contribution in [-0.4, -0.2) is 58.0 Å². The maximum atomic E-state index is 13.0. The SMILES string of the molecule is CC(C)(C)OC(=O)N1C2CC1CN(c1nc3c(C(O)C(F)(F)F)ccc(Br)c3o1)C2. The van der Waals surface area contributed by atoms with Crippen LogP contribution in [0.1, 0.15) is 38.9 Å². The van der Waals surface area contributed by atoms with E-state index in [4.69, 9.17) is 9.15 Å². The lowest BCUT2D eigenvalue weighted by atomic mass is 9.88. The second-order valence-corrected chi connectivity index (χ2v) is 9.45. The van der Waals surface area contributed by atoms with Crippen LogP contribution in [0, 0.1) is 0 Å². The van der Waals surface area contributed by atoms with Gasteiger partial charge in [-0.25, -0.2) is 4.79 Å². The second kappa shape index (κ2) is 7.01. The molecule has 2 aromatic rings. The molecular weight excluding hydrogens is 471 g/mol. The molecule has 3 saturated heterocycles. The maximum absolute atomic E-state index is 13.0. The molecule has 7 nitrogen and oxygen atoms in total. The van der Waals surface area contributed by atoms with Gasteiger partial charge in [-0.3, -0.25) is 4.90 Å². The van der Waals surface area contributed by atoms with E-state index in [0.717, 1.165) is 6.42 Å². The number of fused-ring (bicyclic) bond motifs is 3. The van der Waals surface area contributed by atoms with Crippen molar-refractivity contribution in [3.63, 3.8) is 0 Å². The number of aromatic nitrogens is 1. The molecule has 3 fully saturated rings. The number of piperazine rings is 1. The monoisotopic (exact) mass is 491 g/mol. The molecule has 11 heteroatoms. The fourth-order valence-electron chi connectivity index (χ4n) is 3.89. The molecule has 0 spiro atoms. The van der Waals surface area contributed by atoms with Gasteiger partial charge in [0.1, 0.15) is 11.1 Å². The number of ether oxygens (including phenoxy) is 1. The Kier molecular flexibility index (Phi) is 4.96. The summed E-state index contributed by atoms with van der Waals surface area (Å²) in [5.74, 6) is 0. The maximum Gasteiger partial charge on any atom is 0.418 e. The minimum Gasteiger partial charge on any atom is -0.444 e. The van der Waals surface area contributed by atoms with Gasteiger partial charge in [0.05, 0.1) is 16.6 Å². The van der Waals surface area contributed by atoms with Crippen molar-refractivity contribution in [2.75, 3.05) is 18.0 Å². The minimum atomic E-state index is -4.82. The summed E-state index contributed by atoms with van der Waals surface area (Å²) in [4.78, 5) is 20.1. The Hall–Kier alpha value is -2.01. The topological polar surface area (TPSA) is 79.0 Å². The van der Waals surface area contributed by atoms with Gasteiger partial charge < -0.3 is 19.2 Å². The van der Waals surface area contributed by atoms with E-state index in [-0.39, 0.29) is 40.9 Å². The number of aliphatic hydroxyl groups excluding tert-OH is 1. The van der Waals surface area contributed by atoms with E-state index in [1.54, 1.807) is 30.6 Å². The van der Waals surface area contributed by atoms with Gasteiger partial charge >= 0.3 is 12.3 Å². The van der Waals surface area contributed by atoms with Crippen molar-refractivity contribution in [1.82, 2.24) is 9.88 Å². The summed E-state index contributed by atoms with van der Waals surface area (Å²) in [6.45, 7) is 6.26. The lowest BCUT2D eigenvalue weighted by Gasteiger charge is -2.55. The van der Waals surface area contributed by atoms with Crippen LogP contribution < -0.4 is 4.90 Å². The number of anilines is 1. The van der Waals surface area contributed by atoms with Crippen molar-refractivity contribution >= 4 is 39.1 Å². The van der Waals surface area contributed by atoms with Gasteiger partial charge in [0.2, 0.25) is 0 Å². The van der Waals surface area contributed by atoms with E-state index in [1.165, 1.54) is 12.1 Å². The summed E-state index contributed by atoms with van der Waals surface area (Å²) in [6, 6.07) is 2.55. The summed E-state index contributed by atoms with van der Waals surface area (Å²) in [5, 5.41) is 9.71. The van der Waals surface area contributed by atoms with Gasteiger partial charge in [-0.1, -0.05) is 6.07 Å². The fraction of sp³-hybridized carbons (Fsp3) is 0.579. The Labute approximate surface area is 178 Å². The Morgan fingerprint density at radius 1 is 1.30 bits per heavy atom. The molecule has 1 N–H and O–H groups in total. The number of alkyl halides is 3. The summed E-state index contributed by atoms with van der Waals surface area (Å²) < 4.78 is 50.7. The van der Waals surface area contributed by atoms with Crippen molar-refractivity contribution in [2.24, 2.45) is 0 Å². The van der Waals surface area contributed by atoms with Crippen LogP contribution in [0.15, 0.2) is 21.0 Å². The van der Waals surface area contributed by atoms with Crippen LogP contribution in [-0.2, 0) is 4.74 Å². The Balaban J connectivity index is 1.57. The van der Waals surface area contributed by atoms with Crippen molar-refractivity contribution in [3.05, 3.63) is 22.2 Å². The highest BCUT2D eigenvalue weighted by atomic mass is 79.9. The van der Waals surface area contributed by atoms with E-state index < -0.39 is 17.9 Å².